The van der Waals surface area contributed by atoms with E-state index in [9.17, 15) is 13.2 Å². The summed E-state index contributed by atoms with van der Waals surface area (Å²) in [5, 5.41) is 2.75. The van der Waals surface area contributed by atoms with Crippen LogP contribution < -0.4 is 14.8 Å². The van der Waals surface area contributed by atoms with Crippen molar-refractivity contribution in [3.05, 3.63) is 53.6 Å². The zero-order chi connectivity index (χ0) is 21.1. The van der Waals surface area contributed by atoms with E-state index in [1.54, 1.807) is 39.8 Å². The first kappa shape index (κ1) is 21.9. The Hall–Kier alpha value is -2.38. The summed E-state index contributed by atoms with van der Waals surface area (Å²) >= 11 is 0. The third-order valence-corrected chi connectivity index (χ3v) is 5.72. The maximum Gasteiger partial charge on any atom is 0.265 e. The molecule has 2 rings (SSSR count). The maximum absolute atomic E-state index is 12.4. The molecule has 152 valence electrons. The van der Waals surface area contributed by atoms with Gasteiger partial charge in [0, 0.05) is 11.2 Å². The summed E-state index contributed by atoms with van der Waals surface area (Å²) < 4.78 is 33.1. The molecule has 2 aromatic rings. The molecule has 2 N–H and O–H groups in total. The van der Waals surface area contributed by atoms with Crippen molar-refractivity contribution in [3.8, 4) is 5.75 Å². The number of anilines is 1. The lowest BCUT2D eigenvalue weighted by molar-refractivity contribution is -0.122. The molecule has 0 fully saturated rings. The van der Waals surface area contributed by atoms with Crippen LogP contribution in [0.15, 0.2) is 47.4 Å². The average Bonchev–Trinajstić information content (AvgIpc) is 2.56. The minimum atomic E-state index is -3.62. The molecule has 0 radical (unpaired) electrons. The standard InChI is InChI=1S/C21H28N2O4S/c1-14-8-7-9-15(2)19(14)27-16(3)20(24)22-17-10-12-18(13-11-17)28(25,26)23-21(4,5)6/h7-13,16,23H,1-6H3,(H,22,24). The Labute approximate surface area is 167 Å². The Kier molecular flexibility index (Phi) is 6.52. The van der Waals surface area contributed by atoms with Crippen LogP contribution in [0.1, 0.15) is 38.8 Å². The number of para-hydroxylation sites is 1. The third kappa shape index (κ3) is 5.81. The van der Waals surface area contributed by atoms with E-state index in [-0.39, 0.29) is 10.8 Å². The number of sulfonamides is 1. The Morgan fingerprint density at radius 2 is 1.54 bits per heavy atom. The van der Waals surface area contributed by atoms with Gasteiger partial charge in [-0.05, 0) is 76.9 Å². The predicted octanol–water partition coefficient (Wildman–Crippen LogP) is 3.79. The van der Waals surface area contributed by atoms with Crippen LogP contribution >= 0.6 is 0 Å². The molecule has 0 aliphatic rings. The Balaban J connectivity index is 2.06. The van der Waals surface area contributed by atoms with Crippen LogP contribution in [0.25, 0.3) is 0 Å². The van der Waals surface area contributed by atoms with Crippen molar-refractivity contribution in [1.29, 1.82) is 0 Å². The van der Waals surface area contributed by atoms with Gasteiger partial charge in [0.2, 0.25) is 10.0 Å². The number of aryl methyl sites for hydroxylation is 2. The zero-order valence-corrected chi connectivity index (χ0v) is 18.0. The van der Waals surface area contributed by atoms with Gasteiger partial charge in [0.1, 0.15) is 5.75 Å². The largest absolute Gasteiger partial charge is 0.480 e. The highest BCUT2D eigenvalue weighted by molar-refractivity contribution is 7.89. The molecule has 2 aromatic carbocycles. The molecule has 0 aliphatic carbocycles. The second kappa shape index (κ2) is 8.32. The molecule has 1 amide bonds. The fraction of sp³-hybridized carbons (Fsp3) is 0.381. The number of nitrogens with one attached hydrogen (secondary N) is 2. The molecule has 28 heavy (non-hydrogen) atoms. The summed E-state index contributed by atoms with van der Waals surface area (Å²) in [6, 6.07) is 11.8. The Bertz CT molecular complexity index is 925. The van der Waals surface area contributed by atoms with Gasteiger partial charge in [-0.1, -0.05) is 18.2 Å². The van der Waals surface area contributed by atoms with Crippen LogP contribution in [-0.2, 0) is 14.8 Å². The lowest BCUT2D eigenvalue weighted by Crippen LogP contribution is -2.40. The van der Waals surface area contributed by atoms with Gasteiger partial charge in [-0.2, -0.15) is 0 Å². The van der Waals surface area contributed by atoms with Crippen LogP contribution in [0.5, 0.6) is 5.75 Å². The van der Waals surface area contributed by atoms with Crippen LogP contribution in [0.2, 0.25) is 0 Å². The molecule has 6 nitrogen and oxygen atoms in total. The number of hydrogen-bond acceptors (Lipinski definition) is 4. The van der Waals surface area contributed by atoms with Crippen molar-refractivity contribution in [3.63, 3.8) is 0 Å². The molecule has 0 aliphatic heterocycles. The summed E-state index contributed by atoms with van der Waals surface area (Å²) in [6.45, 7) is 10.9. The summed E-state index contributed by atoms with van der Waals surface area (Å²) in [5.41, 5.74) is 1.84. The van der Waals surface area contributed by atoms with Crippen LogP contribution in [0.3, 0.4) is 0 Å². The molecule has 0 aromatic heterocycles. The van der Waals surface area contributed by atoms with E-state index < -0.39 is 21.7 Å². The monoisotopic (exact) mass is 404 g/mol. The lowest BCUT2D eigenvalue weighted by atomic mass is 10.1. The fourth-order valence-corrected chi connectivity index (χ4v) is 4.06. The van der Waals surface area contributed by atoms with Crippen molar-refractivity contribution >= 4 is 21.6 Å². The average molecular weight is 405 g/mol. The minimum Gasteiger partial charge on any atom is -0.480 e. The van der Waals surface area contributed by atoms with Gasteiger partial charge in [0.25, 0.3) is 5.91 Å². The normalized spacial score (nSPS) is 13.1. The number of amides is 1. The minimum absolute atomic E-state index is 0.139. The Morgan fingerprint density at radius 3 is 2.04 bits per heavy atom. The molecule has 1 unspecified atom stereocenters. The molecule has 0 heterocycles. The first-order valence-corrected chi connectivity index (χ1v) is 10.6. The number of carbonyl (C=O) groups is 1. The smallest absolute Gasteiger partial charge is 0.265 e. The van der Waals surface area contributed by atoms with Gasteiger partial charge in [-0.25, -0.2) is 13.1 Å². The molecular formula is C21H28N2O4S. The van der Waals surface area contributed by atoms with E-state index in [4.69, 9.17) is 4.74 Å². The van der Waals surface area contributed by atoms with E-state index in [1.807, 2.05) is 32.0 Å². The van der Waals surface area contributed by atoms with Crippen molar-refractivity contribution in [2.75, 3.05) is 5.32 Å². The summed E-state index contributed by atoms with van der Waals surface area (Å²) in [5.74, 6) is 0.380. The van der Waals surface area contributed by atoms with Crippen LogP contribution in [0, 0.1) is 13.8 Å². The fourth-order valence-electron chi connectivity index (χ4n) is 2.64. The van der Waals surface area contributed by atoms with Crippen LogP contribution in [-0.4, -0.2) is 26.0 Å². The number of hydrogen-bond donors (Lipinski definition) is 2. The van der Waals surface area contributed by atoms with E-state index in [1.165, 1.54) is 12.1 Å². The van der Waals surface area contributed by atoms with Crippen LogP contribution in [0.4, 0.5) is 5.69 Å². The maximum atomic E-state index is 12.4. The van der Waals surface area contributed by atoms with Crippen molar-refractivity contribution < 1.29 is 17.9 Å². The number of benzene rings is 2. The predicted molar refractivity (Wildman–Crippen MR) is 111 cm³/mol. The molecule has 0 saturated carbocycles. The topological polar surface area (TPSA) is 84.5 Å². The third-order valence-electron chi connectivity index (χ3n) is 3.95. The molecule has 7 heteroatoms. The summed E-state index contributed by atoms with van der Waals surface area (Å²) in [6.07, 6.45) is -0.703. The highest BCUT2D eigenvalue weighted by Gasteiger charge is 2.22. The van der Waals surface area contributed by atoms with E-state index in [0.717, 1.165) is 11.1 Å². The van der Waals surface area contributed by atoms with Crippen molar-refractivity contribution in [2.24, 2.45) is 0 Å². The van der Waals surface area contributed by atoms with Gasteiger partial charge in [0.15, 0.2) is 6.10 Å². The first-order valence-electron chi connectivity index (χ1n) is 9.07. The summed E-state index contributed by atoms with van der Waals surface area (Å²) in [4.78, 5) is 12.6. The molecule has 0 saturated heterocycles. The van der Waals surface area contributed by atoms with Gasteiger partial charge in [-0.3, -0.25) is 4.79 Å². The SMILES string of the molecule is Cc1cccc(C)c1OC(C)C(=O)Nc1ccc(S(=O)(=O)NC(C)(C)C)cc1. The van der Waals surface area contributed by atoms with Gasteiger partial charge < -0.3 is 10.1 Å². The van der Waals surface area contributed by atoms with Gasteiger partial charge >= 0.3 is 0 Å². The quantitative estimate of drug-likeness (QED) is 0.767. The zero-order valence-electron chi connectivity index (χ0n) is 17.2. The van der Waals surface area contributed by atoms with Gasteiger partial charge in [-0.15, -0.1) is 0 Å². The number of carbonyl (C=O) groups excluding carboxylic acids is 1. The second-order valence-electron chi connectivity index (χ2n) is 7.85. The molecule has 0 bridgehead atoms. The number of ether oxygens (including phenoxy) is 1. The summed E-state index contributed by atoms with van der Waals surface area (Å²) in [7, 11) is -3.62. The van der Waals surface area contributed by atoms with Crippen molar-refractivity contribution in [1.82, 2.24) is 4.72 Å². The molecule has 0 spiro atoms. The van der Waals surface area contributed by atoms with Gasteiger partial charge in [0.05, 0.1) is 4.90 Å². The molecular weight excluding hydrogens is 376 g/mol. The molecule has 1 atom stereocenters. The lowest BCUT2D eigenvalue weighted by Gasteiger charge is -2.20. The second-order valence-corrected chi connectivity index (χ2v) is 9.53. The Morgan fingerprint density at radius 1 is 1.00 bits per heavy atom. The number of rotatable bonds is 6. The van der Waals surface area contributed by atoms with E-state index in [0.29, 0.717) is 11.4 Å². The first-order chi connectivity index (χ1) is 12.9. The highest BCUT2D eigenvalue weighted by atomic mass is 32.2. The van der Waals surface area contributed by atoms with E-state index >= 15 is 0 Å². The van der Waals surface area contributed by atoms with Crippen molar-refractivity contribution in [2.45, 2.75) is 58.1 Å². The highest BCUT2D eigenvalue weighted by Crippen LogP contribution is 2.24. The van der Waals surface area contributed by atoms with E-state index in [2.05, 4.69) is 10.0 Å².